The van der Waals surface area contributed by atoms with Crippen molar-refractivity contribution in [2.75, 3.05) is 5.32 Å². The average molecular weight is 405 g/mol. The summed E-state index contributed by atoms with van der Waals surface area (Å²) in [4.78, 5) is 28.1. The van der Waals surface area contributed by atoms with Crippen LogP contribution in [-0.2, 0) is 11.2 Å². The Balaban J connectivity index is 1.72. The molecule has 0 fully saturated rings. The summed E-state index contributed by atoms with van der Waals surface area (Å²) in [6, 6.07) is 12.1. The lowest BCUT2D eigenvalue weighted by atomic mass is 10.1. The van der Waals surface area contributed by atoms with E-state index in [2.05, 4.69) is 10.3 Å². The molecule has 0 unspecified atom stereocenters. The molecule has 0 bridgehead atoms. The summed E-state index contributed by atoms with van der Waals surface area (Å²) >= 11 is 13.8. The van der Waals surface area contributed by atoms with Crippen molar-refractivity contribution in [2.24, 2.45) is 0 Å². The summed E-state index contributed by atoms with van der Waals surface area (Å²) in [6.45, 7) is 1.48. The third-order valence-electron chi connectivity index (χ3n) is 3.62. The molecule has 1 aromatic heterocycles. The number of benzene rings is 2. The van der Waals surface area contributed by atoms with Gasteiger partial charge in [0.15, 0.2) is 5.78 Å². The predicted molar refractivity (Wildman–Crippen MR) is 106 cm³/mol. The zero-order valence-electron chi connectivity index (χ0n) is 13.8. The molecule has 0 aliphatic rings. The number of carbonyl (C=O) groups is 2. The Bertz CT molecular complexity index is 965. The van der Waals surface area contributed by atoms with E-state index in [-0.39, 0.29) is 18.1 Å². The number of Topliss-reactive ketones (excluding diaryl/α,β-unsaturated/α-hetero) is 1. The van der Waals surface area contributed by atoms with Gasteiger partial charge < -0.3 is 5.32 Å². The maximum atomic E-state index is 12.3. The van der Waals surface area contributed by atoms with Crippen molar-refractivity contribution < 1.29 is 9.59 Å². The lowest BCUT2D eigenvalue weighted by Gasteiger charge is -2.05. The van der Waals surface area contributed by atoms with Crippen molar-refractivity contribution in [3.8, 4) is 10.6 Å². The number of thiazole rings is 1. The number of carbonyl (C=O) groups excluding carboxylic acids is 2. The van der Waals surface area contributed by atoms with E-state index >= 15 is 0 Å². The summed E-state index contributed by atoms with van der Waals surface area (Å²) in [6.07, 6.45) is 0.114. The number of nitrogens with one attached hydrogen (secondary N) is 1. The molecule has 0 atom stereocenters. The van der Waals surface area contributed by atoms with Gasteiger partial charge in [0.05, 0.1) is 22.2 Å². The Morgan fingerprint density at radius 1 is 1.12 bits per heavy atom. The number of halogens is 2. The molecule has 0 aliphatic carbocycles. The Hall–Kier alpha value is -2.21. The van der Waals surface area contributed by atoms with Gasteiger partial charge in [0.25, 0.3) is 0 Å². The standard InChI is InChI=1S/C19H14Cl2N2O2S/c1-11(24)12-4-2-5-13(8-12)22-17(25)9-14-10-26-19(23-14)18-15(20)6-3-7-16(18)21/h2-8,10H,9H2,1H3,(H,22,25). The Morgan fingerprint density at radius 3 is 2.50 bits per heavy atom. The van der Waals surface area contributed by atoms with Crippen molar-refractivity contribution >= 4 is 51.9 Å². The van der Waals surface area contributed by atoms with E-state index in [9.17, 15) is 9.59 Å². The molecule has 0 saturated carbocycles. The number of anilines is 1. The lowest BCUT2D eigenvalue weighted by molar-refractivity contribution is -0.115. The first-order valence-corrected chi connectivity index (χ1v) is 9.37. The highest BCUT2D eigenvalue weighted by molar-refractivity contribution is 7.13. The second kappa shape index (κ2) is 7.99. The largest absolute Gasteiger partial charge is 0.326 e. The SMILES string of the molecule is CC(=O)c1cccc(NC(=O)Cc2csc(-c3c(Cl)cccc3Cl)n2)c1. The lowest BCUT2D eigenvalue weighted by Crippen LogP contribution is -2.14. The Kier molecular flexibility index (Phi) is 5.71. The minimum absolute atomic E-state index is 0.0538. The van der Waals surface area contributed by atoms with Gasteiger partial charge in [-0.1, -0.05) is 41.4 Å². The van der Waals surface area contributed by atoms with Crippen molar-refractivity contribution in [3.63, 3.8) is 0 Å². The van der Waals surface area contributed by atoms with Gasteiger partial charge in [0.1, 0.15) is 5.01 Å². The highest BCUT2D eigenvalue weighted by Crippen LogP contribution is 2.36. The van der Waals surface area contributed by atoms with Crippen molar-refractivity contribution in [2.45, 2.75) is 13.3 Å². The molecular weight excluding hydrogens is 391 g/mol. The molecule has 0 saturated heterocycles. The minimum Gasteiger partial charge on any atom is -0.326 e. The van der Waals surface area contributed by atoms with Gasteiger partial charge in [-0.15, -0.1) is 11.3 Å². The van der Waals surface area contributed by atoms with Crippen LogP contribution in [0.25, 0.3) is 10.6 Å². The van der Waals surface area contributed by atoms with Gasteiger partial charge in [0.2, 0.25) is 5.91 Å². The first-order chi connectivity index (χ1) is 12.4. The number of hydrogen-bond donors (Lipinski definition) is 1. The maximum absolute atomic E-state index is 12.3. The number of nitrogens with zero attached hydrogens (tertiary/aromatic N) is 1. The molecule has 7 heteroatoms. The molecule has 1 heterocycles. The van der Waals surface area contributed by atoms with Crippen LogP contribution in [0.5, 0.6) is 0 Å². The molecule has 0 aliphatic heterocycles. The number of hydrogen-bond acceptors (Lipinski definition) is 4. The smallest absolute Gasteiger partial charge is 0.230 e. The van der Waals surface area contributed by atoms with Gasteiger partial charge in [-0.3, -0.25) is 9.59 Å². The third kappa shape index (κ3) is 4.30. The van der Waals surface area contributed by atoms with Crippen LogP contribution in [0.1, 0.15) is 23.0 Å². The van der Waals surface area contributed by atoms with Crippen molar-refractivity contribution in [1.82, 2.24) is 4.98 Å². The van der Waals surface area contributed by atoms with Gasteiger partial charge >= 0.3 is 0 Å². The van der Waals surface area contributed by atoms with Crippen LogP contribution in [0, 0.1) is 0 Å². The molecule has 4 nitrogen and oxygen atoms in total. The van der Waals surface area contributed by atoms with Gasteiger partial charge in [0, 0.05) is 22.2 Å². The predicted octanol–water partition coefficient (Wildman–Crippen LogP) is 5.50. The average Bonchev–Trinajstić information content (AvgIpc) is 3.02. The first-order valence-electron chi connectivity index (χ1n) is 7.73. The molecule has 1 amide bonds. The summed E-state index contributed by atoms with van der Waals surface area (Å²) in [5, 5.41) is 6.29. The molecule has 0 spiro atoms. The summed E-state index contributed by atoms with van der Waals surface area (Å²) in [7, 11) is 0. The maximum Gasteiger partial charge on any atom is 0.230 e. The summed E-state index contributed by atoms with van der Waals surface area (Å²) in [5.74, 6) is -0.269. The fourth-order valence-electron chi connectivity index (χ4n) is 2.39. The molecule has 26 heavy (non-hydrogen) atoms. The van der Waals surface area contributed by atoms with E-state index in [0.29, 0.717) is 37.6 Å². The molecule has 0 radical (unpaired) electrons. The highest BCUT2D eigenvalue weighted by atomic mass is 35.5. The number of aromatic nitrogens is 1. The zero-order valence-corrected chi connectivity index (χ0v) is 16.1. The van der Waals surface area contributed by atoms with Gasteiger partial charge in [-0.2, -0.15) is 0 Å². The Labute approximate surface area is 164 Å². The van der Waals surface area contributed by atoms with Crippen molar-refractivity contribution in [3.05, 3.63) is 69.1 Å². The number of rotatable bonds is 5. The van der Waals surface area contributed by atoms with Crippen LogP contribution in [-0.4, -0.2) is 16.7 Å². The van der Waals surface area contributed by atoms with E-state index in [1.165, 1.54) is 18.3 Å². The normalized spacial score (nSPS) is 10.6. The summed E-state index contributed by atoms with van der Waals surface area (Å²) < 4.78 is 0. The van der Waals surface area contributed by atoms with Gasteiger partial charge in [-0.25, -0.2) is 4.98 Å². The van der Waals surface area contributed by atoms with Crippen molar-refractivity contribution in [1.29, 1.82) is 0 Å². The molecule has 132 valence electrons. The molecule has 1 N–H and O–H groups in total. The topological polar surface area (TPSA) is 59.1 Å². The second-order valence-electron chi connectivity index (χ2n) is 5.60. The van der Waals surface area contributed by atoms with Crippen LogP contribution in [0.2, 0.25) is 10.0 Å². The Morgan fingerprint density at radius 2 is 1.81 bits per heavy atom. The quantitative estimate of drug-likeness (QED) is 0.570. The van der Waals surface area contributed by atoms with E-state index in [0.717, 1.165) is 0 Å². The fraction of sp³-hybridized carbons (Fsp3) is 0.105. The highest BCUT2D eigenvalue weighted by Gasteiger charge is 2.14. The zero-order chi connectivity index (χ0) is 18.7. The first kappa shape index (κ1) is 18.6. The fourth-order valence-corrected chi connectivity index (χ4v) is 3.97. The van der Waals surface area contributed by atoms with E-state index < -0.39 is 0 Å². The van der Waals surface area contributed by atoms with Crippen LogP contribution in [0.3, 0.4) is 0 Å². The van der Waals surface area contributed by atoms with E-state index in [1.54, 1.807) is 47.8 Å². The van der Waals surface area contributed by atoms with Crippen LogP contribution < -0.4 is 5.32 Å². The van der Waals surface area contributed by atoms with E-state index in [4.69, 9.17) is 23.2 Å². The minimum atomic E-state index is -0.215. The number of amides is 1. The molecule has 3 rings (SSSR count). The third-order valence-corrected chi connectivity index (χ3v) is 5.16. The molecule has 2 aromatic carbocycles. The molecule has 3 aromatic rings. The number of ketones is 1. The molecular formula is C19H14Cl2N2O2S. The van der Waals surface area contributed by atoms with Crippen LogP contribution in [0.15, 0.2) is 47.8 Å². The second-order valence-corrected chi connectivity index (χ2v) is 7.28. The van der Waals surface area contributed by atoms with Gasteiger partial charge in [-0.05, 0) is 31.2 Å². The monoisotopic (exact) mass is 404 g/mol. The summed E-state index contributed by atoms with van der Waals surface area (Å²) in [5.41, 5.74) is 2.42. The van der Waals surface area contributed by atoms with Crippen LogP contribution in [0.4, 0.5) is 5.69 Å². The van der Waals surface area contributed by atoms with Crippen LogP contribution >= 0.6 is 34.5 Å². The van der Waals surface area contributed by atoms with E-state index in [1.807, 2.05) is 0 Å².